The van der Waals surface area contributed by atoms with Crippen LogP contribution in [0.15, 0.2) is 0 Å². The van der Waals surface area contributed by atoms with Gasteiger partial charge in [-0.1, -0.05) is 13.3 Å². The molecule has 0 saturated heterocycles. The first-order chi connectivity index (χ1) is 5.16. The molecule has 0 aromatic rings. The van der Waals surface area contributed by atoms with Crippen molar-refractivity contribution in [1.82, 2.24) is 0 Å². The summed E-state index contributed by atoms with van der Waals surface area (Å²) in [6.07, 6.45) is 3.23. The van der Waals surface area contributed by atoms with Gasteiger partial charge in [-0.2, -0.15) is 0 Å². The minimum Gasteiger partial charge on any atom is -0.616 e. The monoisotopic (exact) mass is 176 g/mol. The van der Waals surface area contributed by atoms with E-state index in [1.165, 1.54) is 6.92 Å². The predicted molar refractivity (Wildman–Crippen MR) is 48.1 cm³/mol. The van der Waals surface area contributed by atoms with Crippen LogP contribution in [0.5, 0.6) is 0 Å². The molecule has 0 aromatic heterocycles. The van der Waals surface area contributed by atoms with Crippen LogP contribution < -0.4 is 0 Å². The van der Waals surface area contributed by atoms with E-state index in [2.05, 4.69) is 6.92 Å². The zero-order chi connectivity index (χ0) is 8.69. The van der Waals surface area contributed by atoms with Gasteiger partial charge in [0.1, 0.15) is 5.75 Å². The summed E-state index contributed by atoms with van der Waals surface area (Å²) in [5, 5.41) is 0. The molecule has 0 spiro atoms. The Balaban J connectivity index is 3.22. The second-order valence-electron chi connectivity index (χ2n) is 2.70. The minimum absolute atomic E-state index is 0.0276. The van der Waals surface area contributed by atoms with Crippen molar-refractivity contribution in [2.45, 2.75) is 33.1 Å². The first-order valence-electron chi connectivity index (χ1n) is 4.01. The Labute approximate surface area is 71.5 Å². The standard InChI is InChI=1S/C8H16O2S/c1-3-4-5-6-11(10)7-8(2)9/h3-7H2,1-2H3. The molecule has 0 fully saturated rings. The van der Waals surface area contributed by atoms with Gasteiger partial charge in [0.2, 0.25) is 0 Å². The predicted octanol–water partition coefficient (Wildman–Crippen LogP) is 1.51. The Morgan fingerprint density at radius 1 is 1.45 bits per heavy atom. The van der Waals surface area contributed by atoms with Crippen LogP contribution in [0.25, 0.3) is 0 Å². The Bertz CT molecular complexity index is 115. The lowest BCUT2D eigenvalue weighted by Crippen LogP contribution is -2.16. The number of ketones is 1. The average molecular weight is 176 g/mol. The third kappa shape index (κ3) is 7.88. The van der Waals surface area contributed by atoms with Crippen molar-refractivity contribution >= 4 is 17.0 Å². The van der Waals surface area contributed by atoms with Crippen LogP contribution >= 0.6 is 0 Å². The van der Waals surface area contributed by atoms with Crippen LogP contribution in [0, 0.1) is 0 Å². The molecule has 0 aromatic carbocycles. The van der Waals surface area contributed by atoms with E-state index in [-0.39, 0.29) is 11.5 Å². The molecular weight excluding hydrogens is 160 g/mol. The van der Waals surface area contributed by atoms with Crippen molar-refractivity contribution in [2.24, 2.45) is 0 Å². The lowest BCUT2D eigenvalue weighted by molar-refractivity contribution is -0.114. The van der Waals surface area contributed by atoms with E-state index in [4.69, 9.17) is 0 Å². The molecule has 3 heteroatoms. The summed E-state index contributed by atoms with van der Waals surface area (Å²) in [4.78, 5) is 10.5. The Morgan fingerprint density at radius 3 is 2.55 bits per heavy atom. The van der Waals surface area contributed by atoms with Gasteiger partial charge in [-0.15, -0.1) is 0 Å². The second-order valence-corrected chi connectivity index (χ2v) is 4.27. The van der Waals surface area contributed by atoms with Gasteiger partial charge in [-0.05, 0) is 30.9 Å². The molecule has 0 amide bonds. The van der Waals surface area contributed by atoms with E-state index in [9.17, 15) is 9.35 Å². The molecule has 0 aliphatic carbocycles. The highest BCUT2D eigenvalue weighted by Crippen LogP contribution is 2.00. The van der Waals surface area contributed by atoms with E-state index in [1.54, 1.807) is 0 Å². The number of unbranched alkanes of at least 4 members (excludes halogenated alkanes) is 2. The topological polar surface area (TPSA) is 40.1 Å². The normalized spacial score (nSPS) is 13.0. The highest BCUT2D eigenvalue weighted by molar-refractivity contribution is 7.92. The van der Waals surface area contributed by atoms with Crippen molar-refractivity contribution in [1.29, 1.82) is 0 Å². The number of hydrogen-bond acceptors (Lipinski definition) is 2. The molecule has 0 heterocycles. The van der Waals surface area contributed by atoms with Gasteiger partial charge in [0.05, 0.1) is 0 Å². The van der Waals surface area contributed by atoms with Crippen LogP contribution in [0.2, 0.25) is 0 Å². The lowest BCUT2D eigenvalue weighted by atomic mass is 10.3. The van der Waals surface area contributed by atoms with Crippen molar-refractivity contribution < 1.29 is 9.35 Å². The molecule has 1 unspecified atom stereocenters. The summed E-state index contributed by atoms with van der Waals surface area (Å²) in [6.45, 7) is 3.59. The molecule has 0 rings (SSSR count). The Kier molecular flexibility index (Phi) is 6.66. The summed E-state index contributed by atoms with van der Waals surface area (Å²) < 4.78 is 11.0. The molecule has 1 atom stereocenters. The van der Waals surface area contributed by atoms with Crippen LogP contribution in [-0.4, -0.2) is 21.8 Å². The van der Waals surface area contributed by atoms with Crippen molar-refractivity contribution in [3.63, 3.8) is 0 Å². The summed E-state index contributed by atoms with van der Waals surface area (Å²) in [6, 6.07) is 0. The van der Waals surface area contributed by atoms with E-state index < -0.39 is 11.2 Å². The quantitative estimate of drug-likeness (QED) is 0.454. The highest BCUT2D eigenvalue weighted by atomic mass is 32.2. The fourth-order valence-electron chi connectivity index (χ4n) is 0.812. The average Bonchev–Trinajstić information content (AvgIpc) is 1.86. The third-order valence-electron chi connectivity index (χ3n) is 1.34. The van der Waals surface area contributed by atoms with Crippen LogP contribution in [-0.2, 0) is 16.0 Å². The van der Waals surface area contributed by atoms with Crippen LogP contribution in [0.4, 0.5) is 0 Å². The van der Waals surface area contributed by atoms with Crippen molar-refractivity contribution in [3.05, 3.63) is 0 Å². The van der Waals surface area contributed by atoms with Gasteiger partial charge in [-0.25, -0.2) is 0 Å². The zero-order valence-corrected chi connectivity index (χ0v) is 8.08. The maximum Gasteiger partial charge on any atom is 0.178 e. The maximum atomic E-state index is 11.0. The van der Waals surface area contributed by atoms with Gasteiger partial charge < -0.3 is 4.55 Å². The molecule has 11 heavy (non-hydrogen) atoms. The van der Waals surface area contributed by atoms with Gasteiger partial charge in [0.15, 0.2) is 11.5 Å². The number of Topliss-reactive ketones (excluding diaryl/α,β-unsaturated/α-hetero) is 1. The molecule has 2 nitrogen and oxygen atoms in total. The molecule has 0 N–H and O–H groups in total. The number of rotatable bonds is 6. The summed E-state index contributed by atoms with van der Waals surface area (Å²) >= 11 is -0.901. The minimum atomic E-state index is -0.901. The molecule has 0 aliphatic heterocycles. The van der Waals surface area contributed by atoms with Crippen molar-refractivity contribution in [2.75, 3.05) is 11.5 Å². The molecular formula is C8H16O2S. The van der Waals surface area contributed by atoms with Crippen LogP contribution in [0.3, 0.4) is 0 Å². The first-order valence-corrected chi connectivity index (χ1v) is 5.50. The lowest BCUT2D eigenvalue weighted by Gasteiger charge is -2.07. The van der Waals surface area contributed by atoms with E-state index >= 15 is 0 Å². The first kappa shape index (κ1) is 11.0. The van der Waals surface area contributed by atoms with E-state index in [0.717, 1.165) is 19.3 Å². The molecule has 0 aliphatic rings. The Hall–Kier alpha value is -0.0200. The van der Waals surface area contributed by atoms with E-state index in [1.807, 2.05) is 0 Å². The fourth-order valence-corrected chi connectivity index (χ4v) is 1.94. The van der Waals surface area contributed by atoms with Crippen LogP contribution in [0.1, 0.15) is 33.1 Å². The molecule has 66 valence electrons. The third-order valence-corrected chi connectivity index (χ3v) is 2.81. The van der Waals surface area contributed by atoms with Gasteiger partial charge >= 0.3 is 0 Å². The SMILES string of the molecule is CCCCC[S+]([O-])CC(C)=O. The smallest absolute Gasteiger partial charge is 0.178 e. The molecule has 0 saturated carbocycles. The van der Waals surface area contributed by atoms with Crippen molar-refractivity contribution in [3.8, 4) is 0 Å². The van der Waals surface area contributed by atoms with Gasteiger partial charge in [0, 0.05) is 0 Å². The van der Waals surface area contributed by atoms with E-state index in [0.29, 0.717) is 5.75 Å². The van der Waals surface area contributed by atoms with Gasteiger partial charge in [0.25, 0.3) is 0 Å². The van der Waals surface area contributed by atoms with Gasteiger partial charge in [-0.3, -0.25) is 4.79 Å². The Morgan fingerprint density at radius 2 is 2.09 bits per heavy atom. The second kappa shape index (κ2) is 6.68. The summed E-state index contributed by atoms with van der Waals surface area (Å²) in [5.41, 5.74) is 0. The molecule has 0 radical (unpaired) electrons. The number of carbonyl (C=O) groups is 1. The maximum absolute atomic E-state index is 11.0. The number of carbonyl (C=O) groups excluding carboxylic acids is 1. The highest BCUT2D eigenvalue weighted by Gasteiger charge is 2.07. The summed E-state index contributed by atoms with van der Waals surface area (Å²) in [7, 11) is 0. The largest absolute Gasteiger partial charge is 0.616 e. The zero-order valence-electron chi connectivity index (χ0n) is 7.26. The fraction of sp³-hybridized carbons (Fsp3) is 0.875. The molecule has 0 bridgehead atoms. The number of hydrogen-bond donors (Lipinski definition) is 0. The summed E-state index contributed by atoms with van der Waals surface area (Å²) in [5.74, 6) is 0.955.